The summed E-state index contributed by atoms with van der Waals surface area (Å²) < 4.78 is 23.7. The number of nitrogens with zero attached hydrogens (tertiary/aromatic N) is 1. The molecule has 1 fully saturated rings. The highest BCUT2D eigenvalue weighted by Gasteiger charge is 2.32. The van der Waals surface area contributed by atoms with Gasteiger partial charge in [0.1, 0.15) is 0 Å². The van der Waals surface area contributed by atoms with Gasteiger partial charge in [-0.25, -0.2) is 8.42 Å². The molecule has 1 aromatic carbocycles. The number of rotatable bonds is 3. The van der Waals surface area contributed by atoms with Crippen molar-refractivity contribution < 1.29 is 8.42 Å². The number of benzene rings is 1. The standard InChI is InChI=1S/C13H18BrNO2S/c1-10-7-8-15(12(10)9-14)11-5-3-4-6-13(11)18(2,16)17/h3-6,10,12H,7-9H2,1-2H3. The van der Waals surface area contributed by atoms with Gasteiger partial charge < -0.3 is 4.90 Å². The monoisotopic (exact) mass is 331 g/mol. The molecule has 100 valence electrons. The molecule has 0 bridgehead atoms. The average Bonchev–Trinajstić information content (AvgIpc) is 2.69. The Bertz CT molecular complexity index is 530. The lowest BCUT2D eigenvalue weighted by Crippen LogP contribution is -2.34. The van der Waals surface area contributed by atoms with E-state index in [1.165, 1.54) is 6.26 Å². The summed E-state index contributed by atoms with van der Waals surface area (Å²) in [6, 6.07) is 7.65. The molecule has 3 nitrogen and oxygen atoms in total. The van der Waals surface area contributed by atoms with E-state index in [4.69, 9.17) is 0 Å². The Kier molecular flexibility index (Phi) is 4.02. The quantitative estimate of drug-likeness (QED) is 0.799. The highest BCUT2D eigenvalue weighted by molar-refractivity contribution is 9.09. The molecule has 0 amide bonds. The minimum atomic E-state index is -3.18. The van der Waals surface area contributed by atoms with Crippen molar-refractivity contribution in [2.45, 2.75) is 24.3 Å². The van der Waals surface area contributed by atoms with Gasteiger partial charge in [0, 0.05) is 24.2 Å². The third-order valence-corrected chi connectivity index (χ3v) is 5.42. The number of alkyl halides is 1. The number of hydrogen-bond donors (Lipinski definition) is 0. The zero-order valence-corrected chi connectivity index (χ0v) is 13.0. The second-order valence-electron chi connectivity index (χ2n) is 4.92. The van der Waals surface area contributed by atoms with Crippen molar-refractivity contribution in [2.24, 2.45) is 5.92 Å². The number of hydrogen-bond acceptors (Lipinski definition) is 3. The second kappa shape index (κ2) is 5.21. The molecule has 5 heteroatoms. The van der Waals surface area contributed by atoms with E-state index in [9.17, 15) is 8.42 Å². The van der Waals surface area contributed by atoms with E-state index in [0.29, 0.717) is 16.9 Å². The second-order valence-corrected chi connectivity index (χ2v) is 7.55. The van der Waals surface area contributed by atoms with Crippen molar-refractivity contribution in [1.82, 2.24) is 0 Å². The van der Waals surface area contributed by atoms with Crippen LogP contribution in [-0.2, 0) is 9.84 Å². The van der Waals surface area contributed by atoms with E-state index in [2.05, 4.69) is 27.8 Å². The van der Waals surface area contributed by atoms with E-state index in [1.54, 1.807) is 12.1 Å². The molecule has 2 atom stereocenters. The zero-order valence-electron chi connectivity index (χ0n) is 10.6. The molecule has 0 spiro atoms. The first kappa shape index (κ1) is 13.9. The number of halogens is 1. The molecule has 1 saturated heterocycles. The molecule has 18 heavy (non-hydrogen) atoms. The minimum absolute atomic E-state index is 0.368. The number of anilines is 1. The molecule has 0 aromatic heterocycles. The van der Waals surface area contributed by atoms with E-state index in [1.807, 2.05) is 12.1 Å². The highest BCUT2D eigenvalue weighted by atomic mass is 79.9. The van der Waals surface area contributed by atoms with Gasteiger partial charge >= 0.3 is 0 Å². The Morgan fingerprint density at radius 3 is 2.67 bits per heavy atom. The van der Waals surface area contributed by atoms with Crippen LogP contribution in [0.25, 0.3) is 0 Å². The maximum atomic E-state index is 11.8. The largest absolute Gasteiger partial charge is 0.366 e. The first-order valence-corrected chi connectivity index (χ1v) is 9.08. The number of sulfone groups is 1. The van der Waals surface area contributed by atoms with Crippen molar-refractivity contribution in [2.75, 3.05) is 23.0 Å². The summed E-state index contributed by atoms with van der Waals surface area (Å²) in [6.07, 6.45) is 2.38. The van der Waals surface area contributed by atoms with Gasteiger partial charge in [-0.05, 0) is 24.5 Å². The van der Waals surface area contributed by atoms with Crippen LogP contribution in [-0.4, -0.2) is 32.6 Å². The zero-order chi connectivity index (χ0) is 13.3. The molecule has 1 aliphatic heterocycles. The third-order valence-electron chi connectivity index (χ3n) is 3.61. The van der Waals surface area contributed by atoms with Gasteiger partial charge in [-0.2, -0.15) is 0 Å². The van der Waals surface area contributed by atoms with Gasteiger partial charge in [-0.15, -0.1) is 0 Å². The Morgan fingerprint density at radius 1 is 1.39 bits per heavy atom. The first-order valence-electron chi connectivity index (χ1n) is 6.07. The van der Waals surface area contributed by atoms with Gasteiger partial charge in [0.05, 0.1) is 10.6 Å². The summed E-state index contributed by atoms with van der Waals surface area (Å²) >= 11 is 3.54. The molecular formula is C13H18BrNO2S. The lowest BCUT2D eigenvalue weighted by Gasteiger charge is -2.28. The Hall–Kier alpha value is -0.550. The fourth-order valence-corrected chi connectivity index (χ4v) is 4.43. The van der Waals surface area contributed by atoms with Crippen LogP contribution in [0.4, 0.5) is 5.69 Å². The molecule has 1 heterocycles. The molecule has 0 N–H and O–H groups in total. The summed E-state index contributed by atoms with van der Waals surface area (Å²) in [4.78, 5) is 2.65. The first-order chi connectivity index (χ1) is 8.45. The van der Waals surface area contributed by atoms with Crippen LogP contribution >= 0.6 is 15.9 Å². The Morgan fingerprint density at radius 2 is 2.06 bits per heavy atom. The predicted molar refractivity (Wildman–Crippen MR) is 78.3 cm³/mol. The van der Waals surface area contributed by atoms with Crippen molar-refractivity contribution in [3.8, 4) is 0 Å². The van der Waals surface area contributed by atoms with Gasteiger partial charge in [-0.1, -0.05) is 35.0 Å². The van der Waals surface area contributed by atoms with Crippen molar-refractivity contribution in [3.63, 3.8) is 0 Å². The highest BCUT2D eigenvalue weighted by Crippen LogP contribution is 2.34. The van der Waals surface area contributed by atoms with Crippen LogP contribution in [0.15, 0.2) is 29.2 Å². The van der Waals surface area contributed by atoms with E-state index in [-0.39, 0.29) is 0 Å². The molecular weight excluding hydrogens is 314 g/mol. The smallest absolute Gasteiger partial charge is 0.177 e. The van der Waals surface area contributed by atoms with E-state index >= 15 is 0 Å². The molecule has 0 aliphatic carbocycles. The Balaban J connectivity index is 2.46. The van der Waals surface area contributed by atoms with Crippen molar-refractivity contribution in [3.05, 3.63) is 24.3 Å². The van der Waals surface area contributed by atoms with Gasteiger partial charge in [0.2, 0.25) is 0 Å². The maximum absolute atomic E-state index is 11.8. The van der Waals surface area contributed by atoms with Crippen LogP contribution in [0.5, 0.6) is 0 Å². The van der Waals surface area contributed by atoms with Crippen LogP contribution in [0.1, 0.15) is 13.3 Å². The summed E-state index contributed by atoms with van der Waals surface area (Å²) in [7, 11) is -3.18. The maximum Gasteiger partial charge on any atom is 0.177 e. The Labute approximate surface area is 117 Å². The van der Waals surface area contributed by atoms with Crippen molar-refractivity contribution in [1.29, 1.82) is 0 Å². The summed E-state index contributed by atoms with van der Waals surface area (Å²) in [5.41, 5.74) is 0.841. The molecule has 0 saturated carbocycles. The van der Waals surface area contributed by atoms with Crippen molar-refractivity contribution >= 4 is 31.5 Å². The van der Waals surface area contributed by atoms with Crippen LogP contribution < -0.4 is 4.90 Å². The summed E-state index contributed by atoms with van der Waals surface area (Å²) in [5.74, 6) is 0.581. The topological polar surface area (TPSA) is 37.4 Å². The van der Waals surface area contributed by atoms with E-state index < -0.39 is 9.84 Å². The lowest BCUT2D eigenvalue weighted by atomic mass is 10.1. The third kappa shape index (κ3) is 2.57. The molecule has 2 rings (SSSR count). The normalized spacial score (nSPS) is 24.5. The molecule has 1 aromatic rings. The lowest BCUT2D eigenvalue weighted by molar-refractivity contribution is 0.553. The van der Waals surface area contributed by atoms with Crippen LogP contribution in [0.2, 0.25) is 0 Å². The average molecular weight is 332 g/mol. The number of para-hydroxylation sites is 1. The molecule has 1 aliphatic rings. The van der Waals surface area contributed by atoms with Crippen LogP contribution in [0, 0.1) is 5.92 Å². The molecule has 2 unspecified atom stereocenters. The fraction of sp³-hybridized carbons (Fsp3) is 0.538. The summed E-state index contributed by atoms with van der Waals surface area (Å²) in [5, 5.41) is 0.867. The molecule has 0 radical (unpaired) electrons. The predicted octanol–water partition coefficient (Wildman–Crippen LogP) is 2.70. The van der Waals surface area contributed by atoms with Gasteiger partial charge in [-0.3, -0.25) is 0 Å². The van der Waals surface area contributed by atoms with Gasteiger partial charge in [0.25, 0.3) is 0 Å². The summed E-state index contributed by atoms with van der Waals surface area (Å²) in [6.45, 7) is 3.14. The SMILES string of the molecule is CC1CCN(c2ccccc2S(C)(=O)=O)C1CBr. The van der Waals surface area contributed by atoms with Gasteiger partial charge in [0.15, 0.2) is 9.84 Å². The van der Waals surface area contributed by atoms with E-state index in [0.717, 1.165) is 24.0 Å². The van der Waals surface area contributed by atoms with Crippen LogP contribution in [0.3, 0.4) is 0 Å². The fourth-order valence-electron chi connectivity index (χ4n) is 2.55. The minimum Gasteiger partial charge on any atom is -0.366 e.